The van der Waals surface area contributed by atoms with Gasteiger partial charge < -0.3 is 4.90 Å². The summed E-state index contributed by atoms with van der Waals surface area (Å²) < 4.78 is 0. The molecule has 0 aromatic heterocycles. The molecule has 0 amide bonds. The summed E-state index contributed by atoms with van der Waals surface area (Å²) in [6, 6.07) is 0.670. The van der Waals surface area contributed by atoms with Gasteiger partial charge in [0.2, 0.25) is 0 Å². The van der Waals surface area contributed by atoms with Crippen LogP contribution in [0, 0.1) is 5.92 Å². The van der Waals surface area contributed by atoms with Gasteiger partial charge in [-0.1, -0.05) is 33.6 Å². The van der Waals surface area contributed by atoms with Gasteiger partial charge in [-0.15, -0.1) is 0 Å². The van der Waals surface area contributed by atoms with Crippen molar-refractivity contribution in [1.29, 1.82) is 0 Å². The summed E-state index contributed by atoms with van der Waals surface area (Å²) in [4.78, 5) is 13.8. The second kappa shape index (κ2) is 7.05. The van der Waals surface area contributed by atoms with Crippen LogP contribution in [0.2, 0.25) is 0 Å². The predicted molar refractivity (Wildman–Crippen MR) is 68.6 cm³/mol. The minimum Gasteiger partial charge on any atom is -0.300 e. The Morgan fingerprint density at radius 2 is 1.75 bits per heavy atom. The fraction of sp³-hybridized carbons (Fsp3) is 0.929. The summed E-state index contributed by atoms with van der Waals surface area (Å²) in [5, 5.41) is 0. The molecule has 0 N–H and O–H groups in total. The lowest BCUT2D eigenvalue weighted by molar-refractivity contribution is -0.121. The van der Waals surface area contributed by atoms with E-state index in [0.29, 0.717) is 11.8 Å². The maximum absolute atomic E-state index is 11.2. The number of ketones is 1. The van der Waals surface area contributed by atoms with Crippen LogP contribution in [0.25, 0.3) is 0 Å². The van der Waals surface area contributed by atoms with Crippen LogP contribution in [-0.4, -0.2) is 29.8 Å². The first kappa shape index (κ1) is 13.7. The summed E-state index contributed by atoms with van der Waals surface area (Å²) in [7, 11) is 0. The summed E-state index contributed by atoms with van der Waals surface area (Å²) >= 11 is 0. The minimum absolute atomic E-state index is 0.467. The van der Waals surface area contributed by atoms with Crippen molar-refractivity contribution < 1.29 is 4.79 Å². The standard InChI is InChI=1S/C14H27NO/c1-4-12(5-2)11-15(6-3)13-7-9-14(16)10-8-13/h12-13H,4-11H2,1-3H3. The molecule has 0 aromatic rings. The van der Waals surface area contributed by atoms with Crippen LogP contribution in [-0.2, 0) is 4.79 Å². The third kappa shape index (κ3) is 3.89. The van der Waals surface area contributed by atoms with E-state index in [2.05, 4.69) is 25.7 Å². The molecule has 2 heteroatoms. The first-order valence-electron chi connectivity index (χ1n) is 6.96. The molecular formula is C14H27NO. The molecule has 1 aliphatic rings. The van der Waals surface area contributed by atoms with E-state index in [1.54, 1.807) is 0 Å². The lowest BCUT2D eigenvalue weighted by atomic mass is 9.92. The molecule has 0 aliphatic heterocycles. The van der Waals surface area contributed by atoms with Gasteiger partial charge in [0.1, 0.15) is 5.78 Å². The molecule has 0 atom stereocenters. The molecule has 0 spiro atoms. The van der Waals surface area contributed by atoms with Gasteiger partial charge in [-0.2, -0.15) is 0 Å². The highest BCUT2D eigenvalue weighted by Gasteiger charge is 2.24. The molecule has 1 fully saturated rings. The fourth-order valence-electron chi connectivity index (χ4n) is 2.70. The monoisotopic (exact) mass is 225 g/mol. The van der Waals surface area contributed by atoms with Crippen molar-refractivity contribution in [3.63, 3.8) is 0 Å². The second-order valence-electron chi connectivity index (χ2n) is 5.04. The number of carbonyl (C=O) groups is 1. The van der Waals surface area contributed by atoms with E-state index in [1.165, 1.54) is 19.4 Å². The summed E-state index contributed by atoms with van der Waals surface area (Å²) in [6.07, 6.45) is 6.35. The third-order valence-electron chi connectivity index (χ3n) is 4.08. The molecular weight excluding hydrogens is 198 g/mol. The molecule has 94 valence electrons. The van der Waals surface area contributed by atoms with Crippen LogP contribution in [0.3, 0.4) is 0 Å². The third-order valence-corrected chi connectivity index (χ3v) is 4.08. The molecule has 2 nitrogen and oxygen atoms in total. The first-order chi connectivity index (χ1) is 7.71. The normalized spacial score (nSPS) is 18.7. The van der Waals surface area contributed by atoms with Gasteiger partial charge in [-0.3, -0.25) is 4.79 Å². The van der Waals surface area contributed by atoms with Crippen LogP contribution in [0.15, 0.2) is 0 Å². The quantitative estimate of drug-likeness (QED) is 0.691. The van der Waals surface area contributed by atoms with Crippen LogP contribution in [0.1, 0.15) is 59.3 Å². The van der Waals surface area contributed by atoms with Crippen LogP contribution in [0.4, 0.5) is 0 Å². The Morgan fingerprint density at radius 1 is 1.19 bits per heavy atom. The Bertz CT molecular complexity index is 201. The lowest BCUT2D eigenvalue weighted by Crippen LogP contribution is -2.40. The molecule has 1 rings (SSSR count). The number of Topliss-reactive ketones (excluding diaryl/α,β-unsaturated/α-hetero) is 1. The predicted octanol–water partition coefficient (Wildman–Crippen LogP) is 3.26. The Labute approximate surface area is 100 Å². The van der Waals surface area contributed by atoms with Crippen LogP contribution >= 0.6 is 0 Å². The molecule has 0 aromatic carbocycles. The number of hydrogen-bond acceptors (Lipinski definition) is 2. The second-order valence-corrected chi connectivity index (χ2v) is 5.04. The van der Waals surface area contributed by atoms with Gasteiger partial charge in [0.25, 0.3) is 0 Å². The molecule has 1 saturated carbocycles. The SMILES string of the molecule is CCC(CC)CN(CC)C1CCC(=O)CC1. The molecule has 16 heavy (non-hydrogen) atoms. The number of nitrogens with zero attached hydrogens (tertiary/aromatic N) is 1. The van der Waals surface area contributed by atoms with E-state index in [9.17, 15) is 4.79 Å². The Kier molecular flexibility index (Phi) is 6.04. The average molecular weight is 225 g/mol. The van der Waals surface area contributed by atoms with E-state index in [0.717, 1.165) is 38.1 Å². The lowest BCUT2D eigenvalue weighted by Gasteiger charge is -2.35. The minimum atomic E-state index is 0.467. The van der Waals surface area contributed by atoms with Crippen LogP contribution < -0.4 is 0 Å². The fourth-order valence-corrected chi connectivity index (χ4v) is 2.70. The maximum Gasteiger partial charge on any atom is 0.133 e. The highest BCUT2D eigenvalue weighted by Crippen LogP contribution is 2.22. The summed E-state index contributed by atoms with van der Waals surface area (Å²) in [5.74, 6) is 1.30. The van der Waals surface area contributed by atoms with E-state index in [1.807, 2.05) is 0 Å². The highest BCUT2D eigenvalue weighted by molar-refractivity contribution is 5.79. The summed E-state index contributed by atoms with van der Waals surface area (Å²) in [5.41, 5.74) is 0. The first-order valence-corrected chi connectivity index (χ1v) is 6.96. The smallest absolute Gasteiger partial charge is 0.133 e. The van der Waals surface area contributed by atoms with Crippen molar-refractivity contribution in [2.24, 2.45) is 5.92 Å². The largest absolute Gasteiger partial charge is 0.300 e. The van der Waals surface area contributed by atoms with Crippen molar-refractivity contribution in [1.82, 2.24) is 4.90 Å². The van der Waals surface area contributed by atoms with Gasteiger partial charge in [0, 0.05) is 25.4 Å². The molecule has 0 unspecified atom stereocenters. The molecule has 0 bridgehead atoms. The van der Waals surface area contributed by atoms with Crippen LogP contribution in [0.5, 0.6) is 0 Å². The summed E-state index contributed by atoms with van der Waals surface area (Å²) in [6.45, 7) is 9.18. The van der Waals surface area contributed by atoms with E-state index < -0.39 is 0 Å². The molecule has 0 heterocycles. The molecule has 0 saturated heterocycles. The topological polar surface area (TPSA) is 20.3 Å². The number of hydrogen-bond donors (Lipinski definition) is 0. The average Bonchev–Trinajstić information content (AvgIpc) is 2.32. The van der Waals surface area contributed by atoms with Crippen molar-refractivity contribution in [3.8, 4) is 0 Å². The van der Waals surface area contributed by atoms with E-state index in [4.69, 9.17) is 0 Å². The Hall–Kier alpha value is -0.370. The van der Waals surface area contributed by atoms with E-state index in [-0.39, 0.29) is 0 Å². The van der Waals surface area contributed by atoms with Crippen molar-refractivity contribution in [3.05, 3.63) is 0 Å². The number of rotatable bonds is 6. The van der Waals surface area contributed by atoms with Gasteiger partial charge >= 0.3 is 0 Å². The maximum atomic E-state index is 11.2. The zero-order valence-corrected chi connectivity index (χ0v) is 11.2. The zero-order chi connectivity index (χ0) is 12.0. The van der Waals surface area contributed by atoms with Crippen molar-refractivity contribution in [2.45, 2.75) is 65.3 Å². The zero-order valence-electron chi connectivity index (χ0n) is 11.2. The van der Waals surface area contributed by atoms with Gasteiger partial charge in [0.15, 0.2) is 0 Å². The van der Waals surface area contributed by atoms with Gasteiger partial charge in [0.05, 0.1) is 0 Å². The van der Waals surface area contributed by atoms with Crippen molar-refractivity contribution >= 4 is 5.78 Å². The molecule has 1 aliphatic carbocycles. The van der Waals surface area contributed by atoms with Crippen molar-refractivity contribution in [2.75, 3.05) is 13.1 Å². The highest BCUT2D eigenvalue weighted by atomic mass is 16.1. The Balaban J connectivity index is 2.43. The Morgan fingerprint density at radius 3 is 2.19 bits per heavy atom. The van der Waals surface area contributed by atoms with Gasteiger partial charge in [-0.05, 0) is 25.3 Å². The number of carbonyl (C=O) groups excluding carboxylic acids is 1. The van der Waals surface area contributed by atoms with Gasteiger partial charge in [-0.25, -0.2) is 0 Å². The molecule has 0 radical (unpaired) electrons. The van der Waals surface area contributed by atoms with E-state index >= 15 is 0 Å².